The quantitative estimate of drug-likeness (QED) is 0.659. The summed E-state index contributed by atoms with van der Waals surface area (Å²) in [7, 11) is 3.12. The Hall–Kier alpha value is -1.40. The molecule has 0 bridgehead atoms. The summed E-state index contributed by atoms with van der Waals surface area (Å²) in [5.74, 6) is 0.181. The first kappa shape index (κ1) is 12.7. The van der Waals surface area contributed by atoms with Crippen LogP contribution in [0.2, 0.25) is 0 Å². The highest BCUT2D eigenvalue weighted by atomic mass is 16.5. The molecule has 6 heteroatoms. The number of aryl methyl sites for hydroxylation is 1. The van der Waals surface area contributed by atoms with Crippen LogP contribution < -0.4 is 5.32 Å². The van der Waals surface area contributed by atoms with E-state index in [1.165, 1.54) is 14.0 Å². The Balaban J connectivity index is 2.41. The Kier molecular flexibility index (Phi) is 4.03. The number of imidazole rings is 1. The van der Waals surface area contributed by atoms with Crippen LogP contribution >= 0.6 is 0 Å². The predicted octanol–water partition coefficient (Wildman–Crippen LogP) is -0.566. The third-order valence-electron chi connectivity index (χ3n) is 2.30. The zero-order valence-electron chi connectivity index (χ0n) is 9.73. The van der Waals surface area contributed by atoms with E-state index in [4.69, 9.17) is 0 Å². The van der Waals surface area contributed by atoms with Gasteiger partial charge in [0.05, 0.1) is 13.7 Å². The Morgan fingerprint density at radius 3 is 2.94 bits per heavy atom. The van der Waals surface area contributed by atoms with Gasteiger partial charge in [0.1, 0.15) is 5.82 Å². The van der Waals surface area contributed by atoms with Crippen molar-refractivity contribution in [1.82, 2.24) is 14.9 Å². The van der Waals surface area contributed by atoms with Gasteiger partial charge in [0.15, 0.2) is 5.60 Å². The van der Waals surface area contributed by atoms with Gasteiger partial charge in [-0.25, -0.2) is 9.78 Å². The van der Waals surface area contributed by atoms with E-state index < -0.39 is 11.6 Å². The predicted molar refractivity (Wildman–Crippen MR) is 57.6 cm³/mol. The monoisotopic (exact) mass is 227 g/mol. The molecule has 1 rings (SSSR count). The molecule has 0 aliphatic carbocycles. The standard InChI is InChI=1S/C10H17N3O3/c1-10(15,9(14)16-3)7-11-6-8-12-4-5-13(8)2/h4-5,11,15H,6-7H2,1-3H3. The normalized spacial score (nSPS) is 14.5. The van der Waals surface area contributed by atoms with Crippen molar-refractivity contribution in [3.05, 3.63) is 18.2 Å². The van der Waals surface area contributed by atoms with Crippen molar-refractivity contribution in [3.63, 3.8) is 0 Å². The van der Waals surface area contributed by atoms with Crippen LogP contribution in [0.3, 0.4) is 0 Å². The Labute approximate surface area is 94.2 Å². The second-order valence-electron chi connectivity index (χ2n) is 3.82. The minimum atomic E-state index is -1.51. The number of methoxy groups -OCH3 is 1. The van der Waals surface area contributed by atoms with Gasteiger partial charge in [0.2, 0.25) is 0 Å². The van der Waals surface area contributed by atoms with Gasteiger partial charge in [-0.05, 0) is 6.92 Å². The lowest BCUT2D eigenvalue weighted by Gasteiger charge is -2.20. The van der Waals surface area contributed by atoms with Crippen LogP contribution in [0.1, 0.15) is 12.7 Å². The lowest BCUT2D eigenvalue weighted by Crippen LogP contribution is -2.45. The largest absolute Gasteiger partial charge is 0.467 e. The molecule has 0 radical (unpaired) electrons. The molecule has 1 aromatic rings. The molecule has 90 valence electrons. The maximum Gasteiger partial charge on any atom is 0.338 e. The molecule has 0 saturated heterocycles. The Morgan fingerprint density at radius 2 is 2.44 bits per heavy atom. The zero-order valence-corrected chi connectivity index (χ0v) is 9.73. The summed E-state index contributed by atoms with van der Waals surface area (Å²) in [5.41, 5.74) is -1.51. The van der Waals surface area contributed by atoms with Gasteiger partial charge in [-0.2, -0.15) is 0 Å². The van der Waals surface area contributed by atoms with Crippen LogP contribution in [0.15, 0.2) is 12.4 Å². The van der Waals surface area contributed by atoms with Crippen LogP contribution in [0, 0.1) is 0 Å². The topological polar surface area (TPSA) is 76.4 Å². The first-order chi connectivity index (χ1) is 7.47. The summed E-state index contributed by atoms with van der Waals surface area (Å²) in [4.78, 5) is 15.3. The third-order valence-corrected chi connectivity index (χ3v) is 2.30. The van der Waals surface area contributed by atoms with E-state index in [1.54, 1.807) is 6.20 Å². The van der Waals surface area contributed by atoms with E-state index in [9.17, 15) is 9.90 Å². The van der Waals surface area contributed by atoms with Gasteiger partial charge in [-0.1, -0.05) is 0 Å². The molecule has 0 fully saturated rings. The van der Waals surface area contributed by atoms with Crippen LogP contribution in [-0.2, 0) is 23.1 Å². The maximum absolute atomic E-state index is 11.2. The lowest BCUT2D eigenvalue weighted by molar-refractivity contribution is -0.159. The molecule has 1 aromatic heterocycles. The second kappa shape index (κ2) is 5.09. The maximum atomic E-state index is 11.2. The minimum absolute atomic E-state index is 0.118. The van der Waals surface area contributed by atoms with E-state index in [-0.39, 0.29) is 6.54 Å². The van der Waals surface area contributed by atoms with Gasteiger partial charge in [-0.15, -0.1) is 0 Å². The molecule has 2 N–H and O–H groups in total. The molecule has 0 aromatic carbocycles. The average molecular weight is 227 g/mol. The fourth-order valence-electron chi connectivity index (χ4n) is 1.28. The van der Waals surface area contributed by atoms with Crippen molar-refractivity contribution in [2.45, 2.75) is 19.1 Å². The van der Waals surface area contributed by atoms with Gasteiger partial charge < -0.3 is 19.7 Å². The minimum Gasteiger partial charge on any atom is -0.467 e. The van der Waals surface area contributed by atoms with E-state index >= 15 is 0 Å². The van der Waals surface area contributed by atoms with Gasteiger partial charge in [-0.3, -0.25) is 0 Å². The summed E-state index contributed by atoms with van der Waals surface area (Å²) in [6, 6.07) is 0. The molecule has 0 saturated carbocycles. The smallest absolute Gasteiger partial charge is 0.338 e. The number of nitrogens with one attached hydrogen (secondary N) is 1. The molecule has 1 atom stereocenters. The van der Waals surface area contributed by atoms with Gasteiger partial charge in [0.25, 0.3) is 0 Å². The fourth-order valence-corrected chi connectivity index (χ4v) is 1.28. The molecule has 0 spiro atoms. The molecular weight excluding hydrogens is 210 g/mol. The van der Waals surface area contributed by atoms with E-state index in [1.807, 2.05) is 17.8 Å². The van der Waals surface area contributed by atoms with Crippen LogP contribution in [0.5, 0.6) is 0 Å². The molecule has 0 aliphatic rings. The number of rotatable bonds is 5. The highest BCUT2D eigenvalue weighted by Gasteiger charge is 2.30. The number of carbonyl (C=O) groups is 1. The summed E-state index contributed by atoms with van der Waals surface area (Å²) in [5, 5.41) is 12.7. The third kappa shape index (κ3) is 3.04. The van der Waals surface area contributed by atoms with Crippen LogP contribution in [-0.4, -0.2) is 39.9 Å². The van der Waals surface area contributed by atoms with Crippen molar-refractivity contribution in [3.8, 4) is 0 Å². The summed E-state index contributed by atoms with van der Waals surface area (Å²) < 4.78 is 6.34. The van der Waals surface area contributed by atoms with Crippen molar-refractivity contribution in [2.75, 3.05) is 13.7 Å². The first-order valence-corrected chi connectivity index (χ1v) is 4.95. The molecule has 0 aliphatic heterocycles. The van der Waals surface area contributed by atoms with Crippen molar-refractivity contribution in [2.24, 2.45) is 7.05 Å². The second-order valence-corrected chi connectivity index (χ2v) is 3.82. The number of carbonyl (C=O) groups excluding carboxylic acids is 1. The number of aromatic nitrogens is 2. The fraction of sp³-hybridized carbons (Fsp3) is 0.600. The number of nitrogens with zero attached hydrogens (tertiary/aromatic N) is 2. The number of esters is 1. The van der Waals surface area contributed by atoms with Crippen molar-refractivity contribution in [1.29, 1.82) is 0 Å². The van der Waals surface area contributed by atoms with Crippen molar-refractivity contribution >= 4 is 5.97 Å². The average Bonchev–Trinajstić information content (AvgIpc) is 2.63. The molecule has 1 unspecified atom stereocenters. The van der Waals surface area contributed by atoms with E-state index in [2.05, 4.69) is 15.0 Å². The molecular formula is C10H17N3O3. The molecule has 1 heterocycles. The van der Waals surface area contributed by atoms with Crippen LogP contribution in [0.4, 0.5) is 0 Å². The molecule has 0 amide bonds. The van der Waals surface area contributed by atoms with Crippen molar-refractivity contribution < 1.29 is 14.6 Å². The lowest BCUT2D eigenvalue weighted by atomic mass is 10.1. The highest BCUT2D eigenvalue weighted by Crippen LogP contribution is 2.04. The van der Waals surface area contributed by atoms with E-state index in [0.717, 1.165) is 5.82 Å². The summed E-state index contributed by atoms with van der Waals surface area (Å²) in [6.45, 7) is 2.01. The Bertz CT molecular complexity index is 360. The zero-order chi connectivity index (χ0) is 12.2. The SMILES string of the molecule is COC(=O)C(C)(O)CNCc1nccn1C. The summed E-state index contributed by atoms with van der Waals surface area (Å²) >= 11 is 0. The highest BCUT2D eigenvalue weighted by molar-refractivity contribution is 5.78. The van der Waals surface area contributed by atoms with E-state index in [0.29, 0.717) is 6.54 Å². The van der Waals surface area contributed by atoms with Gasteiger partial charge >= 0.3 is 5.97 Å². The first-order valence-electron chi connectivity index (χ1n) is 4.95. The number of hydrogen-bond acceptors (Lipinski definition) is 5. The molecule has 16 heavy (non-hydrogen) atoms. The van der Waals surface area contributed by atoms with Gasteiger partial charge in [0, 0.05) is 26.0 Å². The number of aliphatic hydroxyl groups is 1. The van der Waals surface area contributed by atoms with Crippen LogP contribution in [0.25, 0.3) is 0 Å². The number of ether oxygens (including phenoxy) is 1. The molecule has 6 nitrogen and oxygen atoms in total. The number of hydrogen-bond donors (Lipinski definition) is 2. The Morgan fingerprint density at radius 1 is 1.75 bits per heavy atom. The summed E-state index contributed by atoms with van der Waals surface area (Å²) in [6.07, 6.45) is 3.52.